The van der Waals surface area contributed by atoms with E-state index in [1.54, 1.807) is 24.0 Å². The third-order valence-corrected chi connectivity index (χ3v) is 5.40. The quantitative estimate of drug-likeness (QED) is 0.595. The lowest BCUT2D eigenvalue weighted by atomic mass is 10.1. The van der Waals surface area contributed by atoms with E-state index in [9.17, 15) is 9.59 Å². The van der Waals surface area contributed by atoms with E-state index >= 15 is 0 Å². The van der Waals surface area contributed by atoms with Crippen molar-refractivity contribution in [3.63, 3.8) is 0 Å². The van der Waals surface area contributed by atoms with Crippen molar-refractivity contribution in [1.29, 1.82) is 0 Å². The maximum absolute atomic E-state index is 13.0. The summed E-state index contributed by atoms with van der Waals surface area (Å²) in [5, 5.41) is 3.80. The molecule has 0 fully saturated rings. The molecule has 0 bridgehead atoms. The molecule has 4 nitrogen and oxygen atoms in total. The van der Waals surface area contributed by atoms with Crippen LogP contribution in [0.4, 0.5) is 0 Å². The molecule has 0 aliphatic heterocycles. The highest BCUT2D eigenvalue weighted by atomic mass is 35.5. The van der Waals surface area contributed by atoms with Crippen molar-refractivity contribution in [3.05, 3.63) is 69.7 Å². The molecule has 0 aromatic heterocycles. The second-order valence-corrected chi connectivity index (χ2v) is 8.39. The van der Waals surface area contributed by atoms with Gasteiger partial charge in [-0.3, -0.25) is 9.59 Å². The number of hydrogen-bond acceptors (Lipinski definition) is 2. The van der Waals surface area contributed by atoms with Gasteiger partial charge in [0.05, 0.1) is 10.0 Å². The molecule has 6 heteroatoms. The number of halogens is 2. The molecule has 0 heterocycles. The molecule has 0 saturated heterocycles. The fraction of sp³-hybridized carbons (Fsp3) is 0.391. The molecule has 0 aliphatic carbocycles. The molecule has 2 amide bonds. The van der Waals surface area contributed by atoms with Crippen molar-refractivity contribution in [2.24, 2.45) is 5.92 Å². The predicted molar refractivity (Wildman–Crippen MR) is 119 cm³/mol. The molecule has 0 unspecified atom stereocenters. The van der Waals surface area contributed by atoms with Crippen LogP contribution >= 0.6 is 23.2 Å². The SMILES string of the molecule is CC(C)CNC(=O)[C@H](C)N(Cc1ccc(Cl)c(Cl)c1)C(=O)CCc1ccccc1. The summed E-state index contributed by atoms with van der Waals surface area (Å²) < 4.78 is 0. The van der Waals surface area contributed by atoms with Gasteiger partial charge in [-0.15, -0.1) is 0 Å². The Morgan fingerprint density at radius 2 is 1.66 bits per heavy atom. The molecule has 2 rings (SSSR count). The molecular formula is C23H28Cl2N2O2. The Bertz CT molecular complexity index is 825. The van der Waals surface area contributed by atoms with Crippen LogP contribution in [0.1, 0.15) is 38.3 Å². The van der Waals surface area contributed by atoms with Crippen molar-refractivity contribution >= 4 is 35.0 Å². The molecule has 2 aromatic rings. The first-order valence-electron chi connectivity index (χ1n) is 9.83. The van der Waals surface area contributed by atoms with E-state index in [-0.39, 0.29) is 11.8 Å². The van der Waals surface area contributed by atoms with E-state index in [1.807, 2.05) is 50.2 Å². The zero-order valence-corrected chi connectivity index (χ0v) is 18.6. The Morgan fingerprint density at radius 3 is 2.28 bits per heavy atom. The standard InChI is InChI=1S/C23H28Cl2N2O2/c1-16(2)14-26-23(29)17(3)27(15-19-9-11-20(24)21(25)13-19)22(28)12-10-18-7-5-4-6-8-18/h4-9,11,13,16-17H,10,12,14-15H2,1-3H3,(H,26,29)/t17-/m0/s1. The molecule has 1 atom stereocenters. The summed E-state index contributed by atoms with van der Waals surface area (Å²) in [6.07, 6.45) is 0.949. The molecule has 0 saturated carbocycles. The molecule has 156 valence electrons. The van der Waals surface area contributed by atoms with Crippen LogP contribution in [0.3, 0.4) is 0 Å². The first-order valence-corrected chi connectivity index (χ1v) is 10.6. The number of amides is 2. The van der Waals surface area contributed by atoms with Crippen LogP contribution in [0.25, 0.3) is 0 Å². The number of nitrogens with one attached hydrogen (secondary N) is 1. The minimum absolute atomic E-state index is 0.0767. The van der Waals surface area contributed by atoms with Gasteiger partial charge in [-0.25, -0.2) is 0 Å². The topological polar surface area (TPSA) is 49.4 Å². The second kappa shape index (κ2) is 11.2. The molecule has 29 heavy (non-hydrogen) atoms. The van der Waals surface area contributed by atoms with E-state index in [2.05, 4.69) is 5.32 Å². The third-order valence-electron chi connectivity index (χ3n) is 4.66. The van der Waals surface area contributed by atoms with Gasteiger partial charge >= 0.3 is 0 Å². The minimum Gasteiger partial charge on any atom is -0.354 e. The van der Waals surface area contributed by atoms with Gasteiger partial charge in [0.1, 0.15) is 6.04 Å². The number of hydrogen-bond donors (Lipinski definition) is 1. The first kappa shape index (κ1) is 23.2. The summed E-state index contributed by atoms with van der Waals surface area (Å²) in [4.78, 5) is 27.3. The van der Waals surface area contributed by atoms with Gasteiger partial charge in [0.2, 0.25) is 11.8 Å². The Labute approximate surface area is 183 Å². The van der Waals surface area contributed by atoms with Crippen LogP contribution in [0.5, 0.6) is 0 Å². The van der Waals surface area contributed by atoms with E-state index < -0.39 is 6.04 Å². The molecular weight excluding hydrogens is 407 g/mol. The van der Waals surface area contributed by atoms with Crippen LogP contribution in [0.15, 0.2) is 48.5 Å². The van der Waals surface area contributed by atoms with Crippen molar-refractivity contribution in [2.75, 3.05) is 6.54 Å². The maximum atomic E-state index is 13.0. The predicted octanol–water partition coefficient (Wildman–Crippen LogP) is 5.12. The molecule has 0 aliphatic rings. The fourth-order valence-corrected chi connectivity index (χ4v) is 3.23. The van der Waals surface area contributed by atoms with Gasteiger partial charge in [0.25, 0.3) is 0 Å². The van der Waals surface area contributed by atoms with Crippen LogP contribution in [-0.2, 0) is 22.6 Å². The van der Waals surface area contributed by atoms with Gasteiger partial charge in [0, 0.05) is 19.5 Å². The van der Waals surface area contributed by atoms with Crippen LogP contribution in [0, 0.1) is 5.92 Å². The summed E-state index contributed by atoms with van der Waals surface area (Å²) in [6.45, 7) is 6.68. The number of aryl methyl sites for hydroxylation is 1. The third kappa shape index (κ3) is 7.37. The summed E-state index contributed by atoms with van der Waals surface area (Å²) in [7, 11) is 0. The summed E-state index contributed by atoms with van der Waals surface area (Å²) >= 11 is 12.1. The summed E-state index contributed by atoms with van der Waals surface area (Å²) in [5.41, 5.74) is 1.92. The highest BCUT2D eigenvalue weighted by molar-refractivity contribution is 6.42. The molecule has 2 aromatic carbocycles. The van der Waals surface area contributed by atoms with E-state index in [0.29, 0.717) is 41.9 Å². The van der Waals surface area contributed by atoms with Gasteiger partial charge in [-0.2, -0.15) is 0 Å². The smallest absolute Gasteiger partial charge is 0.242 e. The lowest BCUT2D eigenvalue weighted by Crippen LogP contribution is -2.48. The van der Waals surface area contributed by atoms with E-state index in [4.69, 9.17) is 23.2 Å². The molecule has 0 spiro atoms. The van der Waals surface area contributed by atoms with Crippen molar-refractivity contribution in [3.8, 4) is 0 Å². The average Bonchev–Trinajstić information content (AvgIpc) is 2.71. The van der Waals surface area contributed by atoms with Crippen molar-refractivity contribution < 1.29 is 9.59 Å². The largest absolute Gasteiger partial charge is 0.354 e. The Balaban J connectivity index is 2.15. The Kier molecular flexibility index (Phi) is 8.99. The highest BCUT2D eigenvalue weighted by Gasteiger charge is 2.26. The molecule has 0 radical (unpaired) electrons. The Morgan fingerprint density at radius 1 is 0.966 bits per heavy atom. The number of carbonyl (C=O) groups excluding carboxylic acids is 2. The zero-order valence-electron chi connectivity index (χ0n) is 17.1. The number of benzene rings is 2. The number of carbonyl (C=O) groups is 2. The van der Waals surface area contributed by atoms with Crippen molar-refractivity contribution in [1.82, 2.24) is 10.2 Å². The van der Waals surface area contributed by atoms with Crippen LogP contribution in [0.2, 0.25) is 10.0 Å². The number of nitrogens with zero attached hydrogens (tertiary/aromatic N) is 1. The van der Waals surface area contributed by atoms with E-state index in [1.165, 1.54) is 0 Å². The van der Waals surface area contributed by atoms with Crippen molar-refractivity contribution in [2.45, 2.75) is 46.2 Å². The maximum Gasteiger partial charge on any atom is 0.242 e. The van der Waals surface area contributed by atoms with Gasteiger partial charge in [-0.1, -0.05) is 73.4 Å². The number of rotatable bonds is 9. The summed E-state index contributed by atoms with van der Waals surface area (Å²) in [5.74, 6) is 0.0994. The highest BCUT2D eigenvalue weighted by Crippen LogP contribution is 2.24. The minimum atomic E-state index is -0.591. The van der Waals surface area contributed by atoms with Crippen LogP contribution in [-0.4, -0.2) is 29.3 Å². The van der Waals surface area contributed by atoms with Gasteiger partial charge in [-0.05, 0) is 42.5 Å². The normalized spacial score (nSPS) is 11.9. The van der Waals surface area contributed by atoms with Gasteiger partial charge < -0.3 is 10.2 Å². The average molecular weight is 435 g/mol. The van der Waals surface area contributed by atoms with Crippen LogP contribution < -0.4 is 5.32 Å². The lowest BCUT2D eigenvalue weighted by Gasteiger charge is -2.29. The fourth-order valence-electron chi connectivity index (χ4n) is 2.91. The monoisotopic (exact) mass is 434 g/mol. The van der Waals surface area contributed by atoms with Gasteiger partial charge in [0.15, 0.2) is 0 Å². The lowest BCUT2D eigenvalue weighted by molar-refractivity contribution is -0.140. The zero-order chi connectivity index (χ0) is 21.4. The van der Waals surface area contributed by atoms with E-state index in [0.717, 1.165) is 11.1 Å². The summed E-state index contributed by atoms with van der Waals surface area (Å²) in [6, 6.07) is 14.5. The Hall–Kier alpha value is -2.04. The first-order chi connectivity index (χ1) is 13.8. The molecule has 1 N–H and O–H groups in total. The second-order valence-electron chi connectivity index (χ2n) is 7.57.